The van der Waals surface area contributed by atoms with Gasteiger partial charge in [0.2, 0.25) is 0 Å². The fourth-order valence-electron chi connectivity index (χ4n) is 0.250. The fraction of sp³-hybridized carbons (Fsp3) is 0.500. The van der Waals surface area contributed by atoms with E-state index >= 15 is 0 Å². The molecule has 9 heavy (non-hydrogen) atoms. The van der Waals surface area contributed by atoms with E-state index in [4.69, 9.17) is 11.6 Å². The first kappa shape index (κ1) is 8.50. The van der Waals surface area contributed by atoms with E-state index in [1.165, 1.54) is 0 Å². The Labute approximate surface area is 60.6 Å². The third-order valence-corrected chi connectivity index (χ3v) is 0.961. The molecule has 0 aliphatic carbocycles. The minimum atomic E-state index is 0.552. The Hall–Kier alpha value is -0.500. The summed E-state index contributed by atoms with van der Waals surface area (Å²) in [6, 6.07) is 0. The largest absolute Gasteiger partial charge is 0.378 e. The minimum absolute atomic E-state index is 0.552. The highest BCUT2D eigenvalue weighted by Gasteiger charge is 1.80. The fourth-order valence-corrected chi connectivity index (χ4v) is 0.299. The summed E-state index contributed by atoms with van der Waals surface area (Å²) >= 11 is 5.55. The molecule has 0 spiro atoms. The highest BCUT2D eigenvalue weighted by molar-refractivity contribution is 6.29. The zero-order valence-electron chi connectivity index (χ0n) is 5.90. The van der Waals surface area contributed by atoms with Gasteiger partial charge in [0.25, 0.3) is 0 Å². The molecule has 0 heterocycles. The van der Waals surface area contributed by atoms with Gasteiger partial charge in [0.15, 0.2) is 0 Å². The van der Waals surface area contributed by atoms with Crippen molar-refractivity contribution < 1.29 is 0 Å². The molecule has 0 aromatic carbocycles. The molecule has 0 radical (unpaired) electrons. The van der Waals surface area contributed by atoms with E-state index in [0.29, 0.717) is 5.16 Å². The SMILES string of the molecule is CN/C(Cl)=C\N=C(C)C. The summed E-state index contributed by atoms with van der Waals surface area (Å²) < 4.78 is 0. The van der Waals surface area contributed by atoms with Crippen molar-refractivity contribution in [3.63, 3.8) is 0 Å². The Morgan fingerprint density at radius 3 is 2.44 bits per heavy atom. The van der Waals surface area contributed by atoms with Crippen LogP contribution in [0.15, 0.2) is 16.3 Å². The monoisotopic (exact) mass is 146 g/mol. The van der Waals surface area contributed by atoms with Gasteiger partial charge in [0, 0.05) is 12.8 Å². The number of hydrogen-bond acceptors (Lipinski definition) is 2. The topological polar surface area (TPSA) is 24.4 Å². The molecule has 0 amide bonds. The second-order valence-electron chi connectivity index (χ2n) is 1.80. The molecule has 0 rings (SSSR count). The number of halogens is 1. The number of hydrogen-bond donors (Lipinski definition) is 1. The van der Waals surface area contributed by atoms with E-state index in [1.54, 1.807) is 13.2 Å². The van der Waals surface area contributed by atoms with Crippen LogP contribution in [-0.4, -0.2) is 12.8 Å². The summed E-state index contributed by atoms with van der Waals surface area (Å²) in [6.07, 6.45) is 1.58. The lowest BCUT2D eigenvalue weighted by molar-refractivity contribution is 1.06. The van der Waals surface area contributed by atoms with E-state index in [1.807, 2.05) is 13.8 Å². The van der Waals surface area contributed by atoms with Gasteiger partial charge < -0.3 is 5.32 Å². The number of nitrogens with one attached hydrogen (secondary N) is 1. The zero-order chi connectivity index (χ0) is 7.28. The van der Waals surface area contributed by atoms with Gasteiger partial charge in [-0.2, -0.15) is 0 Å². The Balaban J connectivity index is 3.83. The molecule has 3 heteroatoms. The lowest BCUT2D eigenvalue weighted by Crippen LogP contribution is -1.98. The number of rotatable bonds is 2. The Kier molecular flexibility index (Phi) is 4.14. The minimum Gasteiger partial charge on any atom is -0.378 e. The molecule has 0 aromatic rings. The quantitative estimate of drug-likeness (QED) is 0.466. The van der Waals surface area contributed by atoms with Gasteiger partial charge in [-0.1, -0.05) is 11.6 Å². The van der Waals surface area contributed by atoms with Gasteiger partial charge in [-0.3, -0.25) is 4.99 Å². The summed E-state index contributed by atoms with van der Waals surface area (Å²) in [7, 11) is 1.75. The van der Waals surface area contributed by atoms with E-state index in [-0.39, 0.29) is 0 Å². The van der Waals surface area contributed by atoms with Crippen molar-refractivity contribution >= 4 is 17.3 Å². The van der Waals surface area contributed by atoms with Gasteiger partial charge >= 0.3 is 0 Å². The normalized spacial score (nSPS) is 10.9. The van der Waals surface area contributed by atoms with E-state index in [2.05, 4.69) is 10.3 Å². The van der Waals surface area contributed by atoms with Crippen molar-refractivity contribution in [1.82, 2.24) is 5.32 Å². The molecule has 0 saturated heterocycles. The molecule has 0 aliphatic heterocycles. The molecule has 2 nitrogen and oxygen atoms in total. The van der Waals surface area contributed by atoms with Gasteiger partial charge in [-0.05, 0) is 13.8 Å². The molecule has 0 fully saturated rings. The molecule has 0 atom stereocenters. The van der Waals surface area contributed by atoms with Gasteiger partial charge in [-0.25, -0.2) is 0 Å². The number of aliphatic imine (C=N–C) groups is 1. The lowest BCUT2D eigenvalue weighted by Gasteiger charge is -1.91. The molecule has 0 bridgehead atoms. The van der Waals surface area contributed by atoms with Gasteiger partial charge in [-0.15, -0.1) is 0 Å². The molecule has 0 saturated carbocycles. The Morgan fingerprint density at radius 2 is 2.11 bits per heavy atom. The van der Waals surface area contributed by atoms with Crippen molar-refractivity contribution in [1.29, 1.82) is 0 Å². The van der Waals surface area contributed by atoms with Crippen LogP contribution in [0.4, 0.5) is 0 Å². The molecule has 1 N–H and O–H groups in total. The highest BCUT2D eigenvalue weighted by Crippen LogP contribution is 1.93. The molecule has 52 valence electrons. The van der Waals surface area contributed by atoms with Crippen LogP contribution in [0.1, 0.15) is 13.8 Å². The molecular weight excluding hydrogens is 136 g/mol. The van der Waals surface area contributed by atoms with Gasteiger partial charge in [0.05, 0.1) is 6.20 Å². The first-order valence-corrected chi connectivity index (χ1v) is 3.09. The second-order valence-corrected chi connectivity index (χ2v) is 2.21. The second kappa shape index (κ2) is 4.39. The third-order valence-electron chi connectivity index (χ3n) is 0.675. The molecule has 0 aliphatic rings. The zero-order valence-corrected chi connectivity index (χ0v) is 6.66. The van der Waals surface area contributed by atoms with Crippen LogP contribution in [0.3, 0.4) is 0 Å². The van der Waals surface area contributed by atoms with Crippen LogP contribution in [-0.2, 0) is 0 Å². The Morgan fingerprint density at radius 1 is 1.56 bits per heavy atom. The maximum absolute atomic E-state index is 5.55. The smallest absolute Gasteiger partial charge is 0.120 e. The summed E-state index contributed by atoms with van der Waals surface area (Å²) in [6.45, 7) is 3.83. The van der Waals surface area contributed by atoms with Crippen molar-refractivity contribution in [3.05, 3.63) is 11.4 Å². The van der Waals surface area contributed by atoms with Crippen LogP contribution in [0, 0.1) is 0 Å². The molecule has 0 unspecified atom stereocenters. The van der Waals surface area contributed by atoms with Crippen LogP contribution in [0.2, 0.25) is 0 Å². The van der Waals surface area contributed by atoms with Crippen LogP contribution in [0.25, 0.3) is 0 Å². The summed E-state index contributed by atoms with van der Waals surface area (Å²) in [4.78, 5) is 3.96. The van der Waals surface area contributed by atoms with Crippen molar-refractivity contribution in [3.8, 4) is 0 Å². The van der Waals surface area contributed by atoms with E-state index in [9.17, 15) is 0 Å². The standard InChI is InChI=1S/C6H11ClN2/c1-5(2)9-4-6(7)8-3/h4,8H,1-3H3/b6-4-. The molecule has 0 aromatic heterocycles. The highest BCUT2D eigenvalue weighted by atomic mass is 35.5. The maximum Gasteiger partial charge on any atom is 0.120 e. The lowest BCUT2D eigenvalue weighted by atomic mass is 10.5. The average Bonchev–Trinajstić information content (AvgIpc) is 1.83. The first-order chi connectivity index (χ1) is 4.16. The van der Waals surface area contributed by atoms with Crippen LogP contribution in [0.5, 0.6) is 0 Å². The first-order valence-electron chi connectivity index (χ1n) is 2.71. The third kappa shape index (κ3) is 5.37. The summed E-state index contributed by atoms with van der Waals surface area (Å²) in [5, 5.41) is 3.29. The number of nitrogens with zero attached hydrogens (tertiary/aromatic N) is 1. The van der Waals surface area contributed by atoms with E-state index in [0.717, 1.165) is 5.71 Å². The van der Waals surface area contributed by atoms with E-state index < -0.39 is 0 Å². The molecular formula is C6H11ClN2. The predicted octanol–water partition coefficient (Wildman–Crippen LogP) is 1.72. The Bertz CT molecular complexity index is 134. The van der Waals surface area contributed by atoms with Crippen LogP contribution >= 0.6 is 11.6 Å². The van der Waals surface area contributed by atoms with Crippen molar-refractivity contribution in [2.45, 2.75) is 13.8 Å². The van der Waals surface area contributed by atoms with Crippen LogP contribution < -0.4 is 5.32 Å². The van der Waals surface area contributed by atoms with Gasteiger partial charge in [0.1, 0.15) is 5.16 Å². The summed E-state index contributed by atoms with van der Waals surface area (Å²) in [5.74, 6) is 0. The predicted molar refractivity (Wildman–Crippen MR) is 41.8 cm³/mol. The average molecular weight is 147 g/mol. The summed E-state index contributed by atoms with van der Waals surface area (Å²) in [5.41, 5.74) is 0.989. The van der Waals surface area contributed by atoms with Crippen molar-refractivity contribution in [2.75, 3.05) is 7.05 Å². The maximum atomic E-state index is 5.55. The van der Waals surface area contributed by atoms with Crippen molar-refractivity contribution in [2.24, 2.45) is 4.99 Å².